The molecule has 2 unspecified atom stereocenters. The van der Waals surface area contributed by atoms with E-state index in [0.29, 0.717) is 38.4 Å². The lowest BCUT2D eigenvalue weighted by Gasteiger charge is -2.35. The number of amides is 2. The number of nitrogens with two attached hydrogens (primary N) is 1. The van der Waals surface area contributed by atoms with Gasteiger partial charge in [-0.15, -0.1) is 0 Å². The van der Waals surface area contributed by atoms with Gasteiger partial charge in [-0.2, -0.15) is 0 Å². The molecule has 0 spiro atoms. The van der Waals surface area contributed by atoms with Crippen LogP contribution in [-0.2, 0) is 9.59 Å². The van der Waals surface area contributed by atoms with E-state index in [0.717, 1.165) is 6.42 Å². The van der Waals surface area contributed by atoms with Gasteiger partial charge in [0.2, 0.25) is 11.8 Å². The Balaban J connectivity index is 2.62. The van der Waals surface area contributed by atoms with Gasteiger partial charge < -0.3 is 16.0 Å². The lowest BCUT2D eigenvalue weighted by molar-refractivity contribution is -0.144. The number of carbonyl (C=O) groups is 2. The van der Waals surface area contributed by atoms with Crippen LogP contribution in [0.5, 0.6) is 0 Å². The standard InChI is InChI=1S/C14H27N3O2/c1-4-12-14(19)16-5-6-17(12)13(18)8-11(9-15)7-10(2)3/h10-12H,4-9,15H2,1-3H3,(H,16,19). The van der Waals surface area contributed by atoms with E-state index in [1.807, 2.05) is 6.92 Å². The van der Waals surface area contributed by atoms with Gasteiger partial charge in [0.25, 0.3) is 0 Å². The van der Waals surface area contributed by atoms with Gasteiger partial charge in [-0.05, 0) is 31.2 Å². The first kappa shape index (κ1) is 16.0. The van der Waals surface area contributed by atoms with E-state index in [-0.39, 0.29) is 23.8 Å². The zero-order valence-electron chi connectivity index (χ0n) is 12.3. The molecule has 0 bridgehead atoms. The van der Waals surface area contributed by atoms with Crippen molar-refractivity contribution in [3.05, 3.63) is 0 Å². The molecule has 1 rings (SSSR count). The van der Waals surface area contributed by atoms with Crippen LogP contribution in [-0.4, -0.2) is 42.4 Å². The molecule has 1 saturated heterocycles. The largest absolute Gasteiger partial charge is 0.353 e. The van der Waals surface area contributed by atoms with Crippen molar-refractivity contribution >= 4 is 11.8 Å². The number of nitrogens with one attached hydrogen (secondary N) is 1. The molecule has 1 aliphatic heterocycles. The van der Waals surface area contributed by atoms with Crippen molar-refractivity contribution in [2.45, 2.75) is 46.1 Å². The number of carbonyl (C=O) groups excluding carboxylic acids is 2. The molecule has 0 radical (unpaired) electrons. The first-order valence-corrected chi connectivity index (χ1v) is 7.26. The van der Waals surface area contributed by atoms with E-state index in [9.17, 15) is 9.59 Å². The molecular formula is C14H27N3O2. The molecule has 2 amide bonds. The molecule has 1 heterocycles. The number of rotatable bonds is 6. The van der Waals surface area contributed by atoms with Crippen LogP contribution >= 0.6 is 0 Å². The van der Waals surface area contributed by atoms with Crippen LogP contribution in [0.25, 0.3) is 0 Å². The Morgan fingerprint density at radius 1 is 1.53 bits per heavy atom. The summed E-state index contributed by atoms with van der Waals surface area (Å²) >= 11 is 0. The average molecular weight is 269 g/mol. The second-order valence-corrected chi connectivity index (χ2v) is 5.74. The third-order valence-electron chi connectivity index (χ3n) is 3.64. The highest BCUT2D eigenvalue weighted by atomic mass is 16.2. The van der Waals surface area contributed by atoms with E-state index in [4.69, 9.17) is 5.73 Å². The molecule has 110 valence electrons. The molecule has 3 N–H and O–H groups in total. The Morgan fingerprint density at radius 2 is 2.21 bits per heavy atom. The molecule has 1 fully saturated rings. The van der Waals surface area contributed by atoms with Crippen LogP contribution in [0, 0.1) is 11.8 Å². The summed E-state index contributed by atoms with van der Waals surface area (Å²) in [7, 11) is 0. The molecule has 0 aromatic rings. The molecule has 0 aliphatic carbocycles. The van der Waals surface area contributed by atoms with Gasteiger partial charge >= 0.3 is 0 Å². The minimum Gasteiger partial charge on any atom is -0.353 e. The first-order chi connectivity index (χ1) is 8.99. The molecule has 5 nitrogen and oxygen atoms in total. The lowest BCUT2D eigenvalue weighted by atomic mass is 9.93. The van der Waals surface area contributed by atoms with Crippen molar-refractivity contribution in [2.24, 2.45) is 17.6 Å². The van der Waals surface area contributed by atoms with Crippen LogP contribution in [0.1, 0.15) is 40.0 Å². The van der Waals surface area contributed by atoms with E-state index in [2.05, 4.69) is 19.2 Å². The third-order valence-corrected chi connectivity index (χ3v) is 3.64. The summed E-state index contributed by atoms with van der Waals surface area (Å²) in [4.78, 5) is 25.8. The van der Waals surface area contributed by atoms with Gasteiger partial charge in [-0.3, -0.25) is 9.59 Å². The normalized spacial score (nSPS) is 21.4. The number of hydrogen-bond acceptors (Lipinski definition) is 3. The van der Waals surface area contributed by atoms with Crippen LogP contribution in [0.15, 0.2) is 0 Å². The highest BCUT2D eigenvalue weighted by Crippen LogP contribution is 2.18. The van der Waals surface area contributed by atoms with Crippen molar-refractivity contribution in [1.29, 1.82) is 0 Å². The summed E-state index contributed by atoms with van der Waals surface area (Å²) in [6.45, 7) is 7.90. The maximum absolute atomic E-state index is 12.4. The Kier molecular flexibility index (Phi) is 6.28. The Bertz CT molecular complexity index is 318. The van der Waals surface area contributed by atoms with Crippen molar-refractivity contribution in [2.75, 3.05) is 19.6 Å². The lowest BCUT2D eigenvalue weighted by Crippen LogP contribution is -2.57. The molecule has 0 aromatic heterocycles. The summed E-state index contributed by atoms with van der Waals surface area (Å²) < 4.78 is 0. The topological polar surface area (TPSA) is 75.4 Å². The smallest absolute Gasteiger partial charge is 0.242 e. The van der Waals surface area contributed by atoms with Crippen molar-refractivity contribution in [3.8, 4) is 0 Å². The molecule has 0 aromatic carbocycles. The van der Waals surface area contributed by atoms with Crippen molar-refractivity contribution < 1.29 is 9.59 Å². The number of hydrogen-bond donors (Lipinski definition) is 2. The van der Waals surface area contributed by atoms with Gasteiger partial charge in [0.15, 0.2) is 0 Å². The van der Waals surface area contributed by atoms with E-state index in [1.165, 1.54) is 0 Å². The zero-order chi connectivity index (χ0) is 14.4. The Morgan fingerprint density at radius 3 is 2.74 bits per heavy atom. The van der Waals surface area contributed by atoms with Crippen molar-refractivity contribution in [1.82, 2.24) is 10.2 Å². The predicted molar refractivity (Wildman–Crippen MR) is 75.4 cm³/mol. The van der Waals surface area contributed by atoms with Gasteiger partial charge in [-0.1, -0.05) is 20.8 Å². The summed E-state index contributed by atoms with van der Waals surface area (Å²) in [5.41, 5.74) is 5.74. The van der Waals surface area contributed by atoms with E-state index >= 15 is 0 Å². The third kappa shape index (κ3) is 4.49. The Labute approximate surface area is 115 Å². The molecule has 2 atom stereocenters. The molecule has 1 aliphatic rings. The monoisotopic (exact) mass is 269 g/mol. The van der Waals surface area contributed by atoms with Crippen LogP contribution in [0.2, 0.25) is 0 Å². The quantitative estimate of drug-likeness (QED) is 0.746. The zero-order valence-corrected chi connectivity index (χ0v) is 12.3. The first-order valence-electron chi connectivity index (χ1n) is 7.26. The highest BCUT2D eigenvalue weighted by molar-refractivity contribution is 5.88. The van der Waals surface area contributed by atoms with Crippen LogP contribution < -0.4 is 11.1 Å². The summed E-state index contributed by atoms with van der Waals surface area (Å²) in [6.07, 6.45) is 2.08. The molecule has 5 heteroatoms. The second-order valence-electron chi connectivity index (χ2n) is 5.74. The summed E-state index contributed by atoms with van der Waals surface area (Å²) in [5, 5.41) is 2.81. The van der Waals surface area contributed by atoms with Gasteiger partial charge in [0.1, 0.15) is 6.04 Å². The van der Waals surface area contributed by atoms with E-state index < -0.39 is 0 Å². The fourth-order valence-electron chi connectivity index (χ4n) is 2.71. The fourth-order valence-corrected chi connectivity index (χ4v) is 2.71. The van der Waals surface area contributed by atoms with E-state index in [1.54, 1.807) is 4.90 Å². The maximum atomic E-state index is 12.4. The molecule has 0 saturated carbocycles. The SMILES string of the molecule is CCC1C(=O)NCCN1C(=O)CC(CN)CC(C)C. The van der Waals surface area contributed by atoms with Gasteiger partial charge in [0, 0.05) is 19.5 Å². The van der Waals surface area contributed by atoms with Crippen LogP contribution in [0.4, 0.5) is 0 Å². The summed E-state index contributed by atoms with van der Waals surface area (Å²) in [6, 6.07) is -0.307. The van der Waals surface area contributed by atoms with Crippen molar-refractivity contribution in [3.63, 3.8) is 0 Å². The molecular weight excluding hydrogens is 242 g/mol. The number of nitrogens with zero attached hydrogens (tertiary/aromatic N) is 1. The number of piperazine rings is 1. The van der Waals surface area contributed by atoms with Crippen LogP contribution in [0.3, 0.4) is 0 Å². The van der Waals surface area contributed by atoms with Gasteiger partial charge in [0.05, 0.1) is 0 Å². The predicted octanol–water partition coefficient (Wildman–Crippen LogP) is 0.735. The highest BCUT2D eigenvalue weighted by Gasteiger charge is 2.32. The Hall–Kier alpha value is -1.10. The maximum Gasteiger partial charge on any atom is 0.242 e. The minimum atomic E-state index is -0.307. The second kappa shape index (κ2) is 7.48. The fraction of sp³-hybridized carbons (Fsp3) is 0.857. The molecule has 19 heavy (non-hydrogen) atoms. The average Bonchev–Trinajstić information content (AvgIpc) is 2.36. The van der Waals surface area contributed by atoms with Gasteiger partial charge in [-0.25, -0.2) is 0 Å². The minimum absolute atomic E-state index is 0.0322. The summed E-state index contributed by atoms with van der Waals surface area (Å²) in [5.74, 6) is 0.788.